The maximum absolute atomic E-state index is 5.79. The third-order valence-corrected chi connectivity index (χ3v) is 5.29. The number of fused-ring (bicyclic) bond motifs is 8. The van der Waals surface area contributed by atoms with Crippen molar-refractivity contribution in [3.63, 3.8) is 0 Å². The summed E-state index contributed by atoms with van der Waals surface area (Å²) in [6.07, 6.45) is 7.71. The van der Waals surface area contributed by atoms with Gasteiger partial charge in [-0.15, -0.1) is 0 Å². The van der Waals surface area contributed by atoms with Crippen LogP contribution in [0.1, 0.15) is 22.8 Å². The molecule has 0 atom stereocenters. The number of aromatic amines is 1. The van der Waals surface area contributed by atoms with E-state index in [-0.39, 0.29) is 21.1 Å². The van der Waals surface area contributed by atoms with Gasteiger partial charge in [0.1, 0.15) is 18.3 Å². The number of rotatable bonds is 4. The second-order valence-corrected chi connectivity index (χ2v) is 7.16. The summed E-state index contributed by atoms with van der Waals surface area (Å²) >= 11 is 0. The van der Waals surface area contributed by atoms with E-state index in [0.29, 0.717) is 34.0 Å². The Balaban J connectivity index is 0.00000259. The van der Waals surface area contributed by atoms with Gasteiger partial charge < -0.3 is 24.0 Å². The van der Waals surface area contributed by atoms with Crippen LogP contribution in [-0.4, -0.2) is 48.1 Å². The molecule has 0 spiro atoms. The maximum Gasteiger partial charge on any atom is 0.194 e. The molecule has 3 aromatic heterocycles. The molecule has 1 N–H and O–H groups in total. The summed E-state index contributed by atoms with van der Waals surface area (Å²) in [5.41, 5.74) is 6.08. The van der Waals surface area contributed by atoms with Crippen molar-refractivity contribution in [2.24, 2.45) is 0 Å². The Morgan fingerprint density at radius 3 is 1.88 bits per heavy atom. The Hall–Kier alpha value is -3.51. The molecule has 0 saturated heterocycles. The number of nitrogens with one attached hydrogen (secondary N) is 1. The van der Waals surface area contributed by atoms with Gasteiger partial charge in [-0.25, -0.2) is 9.97 Å². The largest absolute Gasteiger partial charge is 0.492 e. The zero-order valence-electron chi connectivity index (χ0n) is 18.6. The topological polar surface area (TPSA) is 83.4 Å². The summed E-state index contributed by atoms with van der Waals surface area (Å²) in [5, 5.41) is 0. The van der Waals surface area contributed by atoms with Gasteiger partial charge in [0.15, 0.2) is 22.8 Å². The average Bonchev–Trinajstić information content (AvgIpc) is 3.57. The quantitative estimate of drug-likeness (QED) is 0.354. The molecule has 33 heavy (non-hydrogen) atoms. The zero-order chi connectivity index (χ0) is 22.2. The van der Waals surface area contributed by atoms with Crippen molar-refractivity contribution in [2.75, 3.05) is 28.4 Å². The van der Waals surface area contributed by atoms with Gasteiger partial charge in [0.2, 0.25) is 0 Å². The van der Waals surface area contributed by atoms with E-state index >= 15 is 0 Å². The van der Waals surface area contributed by atoms with E-state index in [9.17, 15) is 0 Å². The van der Waals surface area contributed by atoms with Crippen LogP contribution in [0, 0.1) is 0 Å². The first kappa shape index (κ1) is 22.7. The van der Waals surface area contributed by atoms with Crippen LogP contribution in [0.15, 0.2) is 30.3 Å². The number of hydrogen-bond acceptors (Lipinski definition) is 6. The minimum absolute atomic E-state index is 0. The van der Waals surface area contributed by atoms with Crippen LogP contribution >= 0.6 is 0 Å². The third-order valence-electron chi connectivity index (χ3n) is 5.29. The van der Waals surface area contributed by atoms with E-state index in [1.807, 2.05) is 54.6 Å². The van der Waals surface area contributed by atoms with Gasteiger partial charge in [-0.05, 0) is 54.6 Å². The van der Waals surface area contributed by atoms with E-state index in [1.165, 1.54) is 0 Å². The van der Waals surface area contributed by atoms with Crippen molar-refractivity contribution in [1.82, 2.24) is 19.7 Å². The molecule has 5 rings (SSSR count). The average molecular weight is 526 g/mol. The summed E-state index contributed by atoms with van der Waals surface area (Å²) in [5.74, 6) is 1.47. The molecule has 9 heteroatoms. The molecule has 0 fully saturated rings. The summed E-state index contributed by atoms with van der Waals surface area (Å²) < 4.78 is 18.8. The molecule has 8 bridgehead atoms. The van der Waals surface area contributed by atoms with E-state index in [0.717, 1.165) is 28.1 Å². The Kier molecular flexibility index (Phi) is 6.29. The number of aromatic nitrogens is 4. The fraction of sp³-hybridized carbons (Fsp3) is 0.167. The molecule has 0 amide bonds. The van der Waals surface area contributed by atoms with Gasteiger partial charge in [-0.3, -0.25) is 0 Å². The van der Waals surface area contributed by atoms with Crippen molar-refractivity contribution < 1.29 is 40.1 Å². The Labute approximate surface area is 204 Å². The molecular formula is C24H22MoN4O4. The van der Waals surface area contributed by atoms with Gasteiger partial charge in [0.25, 0.3) is 0 Å². The van der Waals surface area contributed by atoms with Crippen LogP contribution < -0.4 is 19.0 Å². The van der Waals surface area contributed by atoms with E-state index in [2.05, 4.69) is 4.98 Å². The van der Waals surface area contributed by atoms with Crippen LogP contribution in [0.25, 0.3) is 46.4 Å². The van der Waals surface area contributed by atoms with Gasteiger partial charge in [0, 0.05) is 32.1 Å². The molecule has 0 aliphatic carbocycles. The number of nitrogens with zero attached hydrogens (tertiary/aromatic N) is 3. The zero-order valence-corrected chi connectivity index (χ0v) is 20.6. The minimum Gasteiger partial charge on any atom is -0.492 e. The maximum atomic E-state index is 5.79. The van der Waals surface area contributed by atoms with Crippen molar-refractivity contribution in [3.8, 4) is 17.2 Å². The van der Waals surface area contributed by atoms with Gasteiger partial charge in [-0.1, -0.05) is 0 Å². The fourth-order valence-corrected chi connectivity index (χ4v) is 3.94. The van der Waals surface area contributed by atoms with Crippen molar-refractivity contribution >= 4 is 46.4 Å². The number of hydrogen-bond donors (Lipinski definition) is 1. The summed E-state index contributed by atoms with van der Waals surface area (Å²) in [6.45, 7) is 0. The predicted octanol–water partition coefficient (Wildman–Crippen LogP) is 4.21. The molecular weight excluding hydrogens is 504 g/mol. The molecule has 2 aliphatic rings. The summed E-state index contributed by atoms with van der Waals surface area (Å²) in [7, 11) is 6.33. The standard InChI is InChI=1S/C24H22N4O4.Mo/c1-29-22-19-10-9-17(27-19)12-16-6-5-14(25-16)11-15-7-8-18(26-15)13-20-23(30-2)24(31-3)21(22)28(20)32-4;/h5-13,25H,1-4H3;. The van der Waals surface area contributed by atoms with Crippen molar-refractivity contribution in [2.45, 2.75) is 0 Å². The Bertz CT molecular complexity index is 1440. The minimum atomic E-state index is 0. The molecule has 8 nitrogen and oxygen atoms in total. The van der Waals surface area contributed by atoms with Gasteiger partial charge in [0.05, 0.1) is 38.4 Å². The smallest absolute Gasteiger partial charge is 0.194 e. The van der Waals surface area contributed by atoms with Crippen molar-refractivity contribution in [3.05, 3.63) is 53.1 Å². The molecule has 0 unspecified atom stereocenters. The summed E-state index contributed by atoms with van der Waals surface area (Å²) in [4.78, 5) is 18.6. The van der Waals surface area contributed by atoms with E-state index in [1.54, 1.807) is 33.2 Å². The third kappa shape index (κ3) is 3.91. The van der Waals surface area contributed by atoms with E-state index < -0.39 is 0 Å². The molecule has 0 radical (unpaired) electrons. The molecule has 2 aliphatic heterocycles. The Morgan fingerprint density at radius 1 is 0.697 bits per heavy atom. The first-order valence-corrected chi connectivity index (χ1v) is 9.98. The molecule has 0 aromatic carbocycles. The molecule has 0 saturated carbocycles. The first-order chi connectivity index (χ1) is 15.6. The van der Waals surface area contributed by atoms with Crippen molar-refractivity contribution in [1.29, 1.82) is 0 Å². The number of methoxy groups -OCH3 is 3. The van der Waals surface area contributed by atoms with E-state index in [4.69, 9.17) is 29.0 Å². The number of ether oxygens (including phenoxy) is 3. The van der Waals surface area contributed by atoms with Crippen LogP contribution in [0.2, 0.25) is 0 Å². The first-order valence-electron chi connectivity index (χ1n) is 9.98. The second-order valence-electron chi connectivity index (χ2n) is 7.16. The molecule has 5 heterocycles. The molecule has 168 valence electrons. The predicted molar refractivity (Wildman–Crippen MR) is 125 cm³/mol. The SMILES string of the molecule is COc1c(OC)c2c(OC)c3nc(cc4ccc(cc5nc(cc1n2OC)C=C5)[nH]4)C=C3.[Mo]. The monoisotopic (exact) mass is 528 g/mol. The van der Waals surface area contributed by atoms with Gasteiger partial charge >= 0.3 is 0 Å². The van der Waals surface area contributed by atoms with Crippen LogP contribution in [-0.2, 0) is 21.1 Å². The molecule has 3 aromatic rings. The Morgan fingerprint density at radius 2 is 1.27 bits per heavy atom. The fourth-order valence-electron chi connectivity index (χ4n) is 3.94. The summed E-state index contributed by atoms with van der Waals surface area (Å²) in [6, 6.07) is 9.85. The van der Waals surface area contributed by atoms with Crippen LogP contribution in [0.5, 0.6) is 17.2 Å². The van der Waals surface area contributed by atoms with Crippen LogP contribution in [0.3, 0.4) is 0 Å². The van der Waals surface area contributed by atoms with Crippen LogP contribution in [0.4, 0.5) is 0 Å². The number of H-pyrrole nitrogens is 1. The second kappa shape index (κ2) is 9.16. The normalized spacial score (nSPS) is 11.8. The van der Waals surface area contributed by atoms with Gasteiger partial charge in [-0.2, -0.15) is 4.73 Å².